The number of quaternary nitrogens is 1. The van der Waals surface area contributed by atoms with Crippen LogP contribution in [0.25, 0.3) is 0 Å². The van der Waals surface area contributed by atoms with E-state index in [1.807, 2.05) is 0 Å². The second-order valence-electron chi connectivity index (χ2n) is 12.8. The molecule has 3 unspecified atom stereocenters. The van der Waals surface area contributed by atoms with Crippen molar-refractivity contribution in [1.82, 2.24) is 4.90 Å². The van der Waals surface area contributed by atoms with Crippen molar-refractivity contribution < 1.29 is 18.5 Å². The predicted octanol–water partition coefficient (Wildman–Crippen LogP) is 7.13. The molecule has 0 bridgehead atoms. The summed E-state index contributed by atoms with van der Waals surface area (Å²) >= 11 is 0. The van der Waals surface area contributed by atoms with Gasteiger partial charge in [-0.2, -0.15) is 0 Å². The van der Waals surface area contributed by atoms with Gasteiger partial charge in [-0.1, -0.05) is 37.5 Å². The molecule has 3 atom stereocenters. The number of hydrogen-bond acceptors (Lipinski definition) is 3. The molecular weight excluding hydrogens is 527 g/mol. The Hall–Kier alpha value is -2.77. The number of anilines is 2. The zero-order valence-electron chi connectivity index (χ0n) is 26.3. The van der Waals surface area contributed by atoms with Crippen molar-refractivity contribution >= 4 is 23.2 Å². The minimum atomic E-state index is -0.302. The van der Waals surface area contributed by atoms with Gasteiger partial charge in [-0.3, -0.25) is 14.5 Å². The summed E-state index contributed by atoms with van der Waals surface area (Å²) in [5.41, 5.74) is 5.11. The van der Waals surface area contributed by atoms with E-state index in [1.165, 1.54) is 17.7 Å². The zero-order valence-corrected chi connectivity index (χ0v) is 26.3. The van der Waals surface area contributed by atoms with Gasteiger partial charge in [-0.25, -0.2) is 4.39 Å². The van der Waals surface area contributed by atoms with Gasteiger partial charge >= 0.3 is 0 Å². The monoisotopic (exact) mass is 579 g/mol. The average molecular weight is 580 g/mol. The Morgan fingerprint density at radius 2 is 1.60 bits per heavy atom. The largest absolute Gasteiger partial charge is 0.325 e. The van der Waals surface area contributed by atoms with Crippen molar-refractivity contribution in [1.29, 1.82) is 0 Å². The molecule has 42 heavy (non-hydrogen) atoms. The SMILES string of the molecule is CCCC[N+]1(CCCCCN2CCCCC2C(=O)Nc2ccc(F)cc2)CCCC1C(=O)Nc1c(C)cc(C)cc1C. The van der Waals surface area contributed by atoms with Crippen molar-refractivity contribution in [3.8, 4) is 0 Å². The van der Waals surface area contributed by atoms with Crippen LogP contribution in [0.4, 0.5) is 15.8 Å². The minimum Gasteiger partial charge on any atom is -0.325 e. The molecule has 0 aliphatic carbocycles. The van der Waals surface area contributed by atoms with Gasteiger partial charge in [0.25, 0.3) is 5.91 Å². The molecule has 6 nitrogen and oxygen atoms in total. The summed E-state index contributed by atoms with van der Waals surface area (Å²) in [7, 11) is 0. The molecule has 0 saturated carbocycles. The van der Waals surface area contributed by atoms with E-state index >= 15 is 0 Å². The van der Waals surface area contributed by atoms with Gasteiger partial charge in [-0.05, 0) is 108 Å². The first kappa shape index (κ1) is 32.2. The van der Waals surface area contributed by atoms with Crippen LogP contribution in [0.15, 0.2) is 36.4 Å². The van der Waals surface area contributed by atoms with Gasteiger partial charge in [-0.15, -0.1) is 0 Å². The van der Waals surface area contributed by atoms with Gasteiger partial charge in [0.15, 0.2) is 6.04 Å². The summed E-state index contributed by atoms with van der Waals surface area (Å²) in [6, 6.07) is 10.2. The van der Waals surface area contributed by atoms with Crippen LogP contribution in [0.1, 0.15) is 87.8 Å². The summed E-state index contributed by atoms with van der Waals surface area (Å²) in [5.74, 6) is -0.110. The summed E-state index contributed by atoms with van der Waals surface area (Å²) in [6.07, 6.45) is 10.6. The number of hydrogen-bond donors (Lipinski definition) is 2. The molecule has 0 aromatic heterocycles. The summed E-state index contributed by atoms with van der Waals surface area (Å²) in [6.45, 7) is 13.6. The highest BCUT2D eigenvalue weighted by molar-refractivity contribution is 5.96. The number of amides is 2. The van der Waals surface area contributed by atoms with E-state index in [-0.39, 0.29) is 29.7 Å². The first-order chi connectivity index (χ1) is 20.2. The Labute approximate surface area is 252 Å². The lowest BCUT2D eigenvalue weighted by molar-refractivity contribution is -0.931. The first-order valence-corrected chi connectivity index (χ1v) is 16.3. The van der Waals surface area contributed by atoms with Crippen molar-refractivity contribution in [2.75, 3.05) is 43.4 Å². The normalized spacial score (nSPS) is 22.7. The first-order valence-electron chi connectivity index (χ1n) is 16.3. The second-order valence-corrected chi connectivity index (χ2v) is 12.8. The van der Waals surface area contributed by atoms with Gasteiger partial charge in [0, 0.05) is 24.2 Å². The zero-order chi connectivity index (χ0) is 30.1. The summed E-state index contributed by atoms with van der Waals surface area (Å²) in [4.78, 5) is 29.1. The molecule has 0 spiro atoms. The molecule has 230 valence electrons. The fraction of sp³-hybridized carbons (Fsp3) is 0.600. The van der Waals surface area contributed by atoms with E-state index in [1.54, 1.807) is 12.1 Å². The van der Waals surface area contributed by atoms with E-state index in [0.29, 0.717) is 5.69 Å². The molecule has 2 fully saturated rings. The van der Waals surface area contributed by atoms with Gasteiger partial charge in [0.2, 0.25) is 5.91 Å². The maximum Gasteiger partial charge on any atom is 0.282 e. The maximum absolute atomic E-state index is 13.7. The number of benzene rings is 2. The number of rotatable bonds is 13. The van der Waals surface area contributed by atoms with Crippen LogP contribution in [0.3, 0.4) is 0 Å². The molecule has 4 rings (SSSR count). The molecule has 0 radical (unpaired) electrons. The van der Waals surface area contributed by atoms with E-state index in [4.69, 9.17) is 0 Å². The third-order valence-corrected chi connectivity index (χ3v) is 9.50. The second kappa shape index (κ2) is 15.1. The highest BCUT2D eigenvalue weighted by atomic mass is 19.1. The standard InChI is InChI=1S/C35H51FN4O2/c1-5-6-21-40(23-12-14-32(40)35(42)38-33-27(3)24-26(2)25-28(33)4)22-11-7-9-19-39-20-10-8-13-31(39)34(41)37-30-17-15-29(36)16-18-30/h15-18,24-25,31-32H,5-14,19-23H2,1-4H3,(H-,37,38,41,42)/p+1. The number of nitrogens with zero attached hydrogens (tertiary/aromatic N) is 2. The topological polar surface area (TPSA) is 61.4 Å². The van der Waals surface area contributed by atoms with Crippen LogP contribution in [0.5, 0.6) is 0 Å². The van der Waals surface area contributed by atoms with Crippen LogP contribution in [-0.2, 0) is 9.59 Å². The number of halogens is 1. The molecule has 7 heteroatoms. The highest BCUT2D eigenvalue weighted by Gasteiger charge is 2.45. The smallest absolute Gasteiger partial charge is 0.282 e. The third kappa shape index (κ3) is 8.19. The van der Waals surface area contributed by atoms with Gasteiger partial charge < -0.3 is 15.1 Å². The van der Waals surface area contributed by atoms with Crippen molar-refractivity contribution in [3.05, 3.63) is 58.9 Å². The molecule has 2 N–H and O–H groups in total. The number of unbranched alkanes of at least 4 members (excludes halogenated alkanes) is 3. The van der Waals surface area contributed by atoms with Crippen molar-refractivity contribution in [3.63, 3.8) is 0 Å². The molecule has 2 amide bonds. The lowest BCUT2D eigenvalue weighted by atomic mass is 10.0. The summed E-state index contributed by atoms with van der Waals surface area (Å²) < 4.78 is 14.2. The van der Waals surface area contributed by atoms with E-state index in [2.05, 4.69) is 55.4 Å². The van der Waals surface area contributed by atoms with Crippen LogP contribution in [0.2, 0.25) is 0 Å². The quantitative estimate of drug-likeness (QED) is 0.196. The molecule has 2 aliphatic heterocycles. The lowest BCUT2D eigenvalue weighted by Gasteiger charge is -2.40. The van der Waals surface area contributed by atoms with Crippen LogP contribution >= 0.6 is 0 Å². The van der Waals surface area contributed by atoms with E-state index in [0.717, 1.165) is 118 Å². The van der Waals surface area contributed by atoms with E-state index < -0.39 is 0 Å². The van der Waals surface area contributed by atoms with Crippen LogP contribution < -0.4 is 10.6 Å². The van der Waals surface area contributed by atoms with Crippen molar-refractivity contribution in [2.45, 2.75) is 104 Å². The fourth-order valence-corrected chi connectivity index (χ4v) is 7.35. The minimum absolute atomic E-state index is 0.00959. The van der Waals surface area contributed by atoms with E-state index in [9.17, 15) is 14.0 Å². The average Bonchev–Trinajstić information content (AvgIpc) is 3.39. The molecule has 2 aromatic carbocycles. The number of nitrogens with one attached hydrogen (secondary N) is 2. The maximum atomic E-state index is 13.7. The number of carbonyl (C=O) groups excluding carboxylic acids is 2. The number of piperidine rings is 1. The molecule has 2 heterocycles. The van der Waals surface area contributed by atoms with Crippen LogP contribution in [-0.4, -0.2) is 66.0 Å². The Morgan fingerprint density at radius 1 is 0.881 bits per heavy atom. The predicted molar refractivity (Wildman–Crippen MR) is 170 cm³/mol. The lowest BCUT2D eigenvalue weighted by Crippen LogP contribution is -2.57. The molecule has 2 saturated heterocycles. The number of likely N-dealkylation sites (tertiary alicyclic amines) is 2. The number of carbonyl (C=O) groups is 2. The molecule has 2 aromatic rings. The fourth-order valence-electron chi connectivity index (χ4n) is 7.35. The van der Waals surface area contributed by atoms with Crippen LogP contribution in [0, 0.1) is 26.6 Å². The third-order valence-electron chi connectivity index (χ3n) is 9.50. The Balaban J connectivity index is 1.32. The van der Waals surface area contributed by atoms with Crippen molar-refractivity contribution in [2.24, 2.45) is 0 Å². The Kier molecular flexibility index (Phi) is 11.6. The molecule has 2 aliphatic rings. The Morgan fingerprint density at radius 3 is 2.31 bits per heavy atom. The molecular formula is C35H52FN4O2+. The van der Waals surface area contributed by atoms with Gasteiger partial charge in [0.05, 0.1) is 25.7 Å². The Bertz CT molecular complexity index is 1180. The highest BCUT2D eigenvalue weighted by Crippen LogP contribution is 2.32. The summed E-state index contributed by atoms with van der Waals surface area (Å²) in [5, 5.41) is 6.33. The van der Waals surface area contributed by atoms with Gasteiger partial charge in [0.1, 0.15) is 5.82 Å². The number of aryl methyl sites for hydroxylation is 3.